The second kappa shape index (κ2) is 10.3. The average molecular weight is 447 g/mol. The fourth-order valence-electron chi connectivity index (χ4n) is 3.30. The van der Waals surface area contributed by atoms with E-state index in [2.05, 4.69) is 15.2 Å². The zero-order valence-electron chi connectivity index (χ0n) is 17.9. The minimum atomic E-state index is -0.217. The van der Waals surface area contributed by atoms with Gasteiger partial charge in [0.15, 0.2) is 18.1 Å². The molecule has 1 aliphatic rings. The molecular formula is C22H27ClN4O4. The van der Waals surface area contributed by atoms with Crippen molar-refractivity contribution in [3.8, 4) is 11.5 Å². The Kier molecular flexibility index (Phi) is 7.57. The van der Waals surface area contributed by atoms with E-state index in [1.807, 2.05) is 26.0 Å². The summed E-state index contributed by atoms with van der Waals surface area (Å²) in [6.07, 6.45) is 1.62. The third-order valence-corrected chi connectivity index (χ3v) is 5.05. The van der Waals surface area contributed by atoms with Gasteiger partial charge in [0, 0.05) is 44.0 Å². The number of carbonyl (C=O) groups is 2. The van der Waals surface area contributed by atoms with Crippen LogP contribution in [0.2, 0.25) is 5.02 Å². The molecule has 2 amide bonds. The number of methoxy groups -OCH3 is 1. The molecule has 0 spiro atoms. The molecule has 2 aromatic rings. The van der Waals surface area contributed by atoms with Gasteiger partial charge < -0.3 is 24.6 Å². The Labute approximate surface area is 187 Å². The highest BCUT2D eigenvalue weighted by Gasteiger charge is 2.24. The van der Waals surface area contributed by atoms with E-state index in [4.69, 9.17) is 21.1 Å². The van der Waals surface area contributed by atoms with E-state index in [9.17, 15) is 9.59 Å². The molecule has 2 heterocycles. The summed E-state index contributed by atoms with van der Waals surface area (Å²) in [7, 11) is 1.50. The minimum absolute atomic E-state index is 0.0360. The predicted octanol–water partition coefficient (Wildman–Crippen LogP) is 2.61. The van der Waals surface area contributed by atoms with Crippen molar-refractivity contribution in [2.45, 2.75) is 19.9 Å². The molecule has 1 aromatic heterocycles. The summed E-state index contributed by atoms with van der Waals surface area (Å²) in [5.74, 6) is 1.38. The molecule has 0 unspecified atom stereocenters. The largest absolute Gasteiger partial charge is 0.493 e. The van der Waals surface area contributed by atoms with Crippen LogP contribution in [-0.2, 0) is 4.79 Å². The lowest BCUT2D eigenvalue weighted by atomic mass is 10.1. The van der Waals surface area contributed by atoms with Gasteiger partial charge in [0.1, 0.15) is 5.82 Å². The van der Waals surface area contributed by atoms with Crippen molar-refractivity contribution in [3.63, 3.8) is 0 Å². The summed E-state index contributed by atoms with van der Waals surface area (Å²) >= 11 is 5.90. The van der Waals surface area contributed by atoms with E-state index in [0.717, 1.165) is 5.82 Å². The molecule has 1 aliphatic heterocycles. The minimum Gasteiger partial charge on any atom is -0.493 e. The lowest BCUT2D eigenvalue weighted by molar-refractivity contribution is -0.123. The fraction of sp³-hybridized carbons (Fsp3) is 0.409. The van der Waals surface area contributed by atoms with E-state index >= 15 is 0 Å². The maximum atomic E-state index is 13.0. The van der Waals surface area contributed by atoms with Crippen LogP contribution in [0.3, 0.4) is 0 Å². The highest BCUT2D eigenvalue weighted by molar-refractivity contribution is 6.30. The number of piperazine rings is 1. The molecule has 31 heavy (non-hydrogen) atoms. The maximum absolute atomic E-state index is 13.0. The molecule has 8 nitrogen and oxygen atoms in total. The third-order valence-electron chi connectivity index (χ3n) is 4.82. The van der Waals surface area contributed by atoms with E-state index in [0.29, 0.717) is 48.3 Å². The van der Waals surface area contributed by atoms with Crippen LogP contribution in [0.1, 0.15) is 24.2 Å². The summed E-state index contributed by atoms with van der Waals surface area (Å²) in [6, 6.07) is 8.71. The van der Waals surface area contributed by atoms with Crippen LogP contribution < -0.4 is 19.7 Å². The van der Waals surface area contributed by atoms with Gasteiger partial charge in [-0.3, -0.25) is 9.59 Å². The number of pyridine rings is 1. The van der Waals surface area contributed by atoms with Crippen LogP contribution >= 0.6 is 11.6 Å². The number of benzene rings is 1. The van der Waals surface area contributed by atoms with Crippen molar-refractivity contribution in [3.05, 3.63) is 47.1 Å². The Morgan fingerprint density at radius 3 is 2.48 bits per heavy atom. The first kappa shape index (κ1) is 22.7. The molecule has 0 radical (unpaired) electrons. The molecule has 0 atom stereocenters. The van der Waals surface area contributed by atoms with Crippen molar-refractivity contribution in [1.29, 1.82) is 0 Å². The highest BCUT2D eigenvalue weighted by Crippen LogP contribution is 2.29. The van der Waals surface area contributed by atoms with Gasteiger partial charge >= 0.3 is 0 Å². The summed E-state index contributed by atoms with van der Waals surface area (Å²) in [4.78, 5) is 33.0. The second-order valence-corrected chi connectivity index (χ2v) is 7.93. The molecule has 9 heteroatoms. The number of amides is 2. The lowest BCUT2D eigenvalue weighted by Crippen LogP contribution is -2.49. The molecule has 1 N–H and O–H groups in total. The van der Waals surface area contributed by atoms with Crippen molar-refractivity contribution in [1.82, 2.24) is 15.2 Å². The van der Waals surface area contributed by atoms with E-state index in [1.54, 1.807) is 29.3 Å². The predicted molar refractivity (Wildman–Crippen MR) is 119 cm³/mol. The Balaban J connectivity index is 1.60. The number of ether oxygens (including phenoxy) is 2. The van der Waals surface area contributed by atoms with Crippen LogP contribution in [0.25, 0.3) is 0 Å². The van der Waals surface area contributed by atoms with Crippen molar-refractivity contribution in [2.75, 3.05) is 44.8 Å². The van der Waals surface area contributed by atoms with Crippen LogP contribution in [-0.4, -0.2) is 67.6 Å². The molecular weight excluding hydrogens is 420 g/mol. The topological polar surface area (TPSA) is 84.0 Å². The number of nitrogens with one attached hydrogen (secondary N) is 1. The van der Waals surface area contributed by atoms with Crippen LogP contribution in [0.5, 0.6) is 11.5 Å². The first-order valence-electron chi connectivity index (χ1n) is 10.1. The lowest BCUT2D eigenvalue weighted by Gasteiger charge is -2.35. The van der Waals surface area contributed by atoms with Crippen molar-refractivity contribution >= 4 is 29.2 Å². The number of halogens is 1. The number of carbonyl (C=O) groups excluding carboxylic acids is 2. The average Bonchev–Trinajstić information content (AvgIpc) is 2.77. The Hall–Kier alpha value is -3.00. The number of rotatable bonds is 7. The van der Waals surface area contributed by atoms with Crippen molar-refractivity contribution in [2.24, 2.45) is 0 Å². The summed E-state index contributed by atoms with van der Waals surface area (Å²) < 4.78 is 10.9. The summed E-state index contributed by atoms with van der Waals surface area (Å²) in [5.41, 5.74) is 0.508. The zero-order chi connectivity index (χ0) is 22.4. The Bertz CT molecular complexity index is 912. The zero-order valence-corrected chi connectivity index (χ0v) is 18.7. The van der Waals surface area contributed by atoms with Gasteiger partial charge in [0.05, 0.1) is 12.1 Å². The van der Waals surface area contributed by atoms with E-state index in [-0.39, 0.29) is 24.5 Å². The van der Waals surface area contributed by atoms with Gasteiger partial charge in [0.2, 0.25) is 0 Å². The fourth-order valence-corrected chi connectivity index (χ4v) is 3.41. The summed E-state index contributed by atoms with van der Waals surface area (Å²) in [5, 5.41) is 3.36. The van der Waals surface area contributed by atoms with Gasteiger partial charge in [-0.25, -0.2) is 4.98 Å². The maximum Gasteiger partial charge on any atom is 0.258 e. The van der Waals surface area contributed by atoms with Gasteiger partial charge in [-0.1, -0.05) is 11.6 Å². The van der Waals surface area contributed by atoms with Crippen LogP contribution in [0, 0.1) is 0 Å². The second-order valence-electron chi connectivity index (χ2n) is 7.49. The molecule has 1 fully saturated rings. The molecule has 3 rings (SSSR count). The highest BCUT2D eigenvalue weighted by atomic mass is 35.5. The molecule has 1 aromatic carbocycles. The third kappa shape index (κ3) is 6.01. The molecule has 0 aliphatic carbocycles. The van der Waals surface area contributed by atoms with Gasteiger partial charge in [-0.2, -0.15) is 0 Å². The van der Waals surface area contributed by atoms with E-state index < -0.39 is 0 Å². The van der Waals surface area contributed by atoms with Crippen LogP contribution in [0.15, 0.2) is 36.5 Å². The number of nitrogens with zero attached hydrogens (tertiary/aromatic N) is 3. The number of anilines is 1. The van der Waals surface area contributed by atoms with Gasteiger partial charge in [0.25, 0.3) is 11.8 Å². The van der Waals surface area contributed by atoms with Gasteiger partial charge in [-0.05, 0) is 44.2 Å². The standard InChI is InChI=1S/C22H27ClN4O4/c1-15(2)25-21(28)14-31-18-6-4-16(12-19(18)30-3)22(29)27-10-8-26(9-11-27)20-7-5-17(23)13-24-20/h4-7,12-13,15H,8-11,14H2,1-3H3,(H,25,28). The van der Waals surface area contributed by atoms with Gasteiger partial charge in [-0.15, -0.1) is 0 Å². The van der Waals surface area contributed by atoms with Crippen molar-refractivity contribution < 1.29 is 19.1 Å². The first-order chi connectivity index (χ1) is 14.9. The number of hydrogen-bond donors (Lipinski definition) is 1. The number of hydrogen-bond acceptors (Lipinski definition) is 6. The Morgan fingerprint density at radius 2 is 1.87 bits per heavy atom. The Morgan fingerprint density at radius 1 is 1.13 bits per heavy atom. The van der Waals surface area contributed by atoms with E-state index in [1.165, 1.54) is 7.11 Å². The molecule has 0 saturated carbocycles. The first-order valence-corrected chi connectivity index (χ1v) is 10.5. The quantitative estimate of drug-likeness (QED) is 0.703. The summed E-state index contributed by atoms with van der Waals surface area (Å²) in [6.45, 7) is 6.17. The molecule has 0 bridgehead atoms. The monoisotopic (exact) mass is 446 g/mol. The molecule has 166 valence electrons. The number of aromatic nitrogens is 1. The SMILES string of the molecule is COc1cc(C(=O)N2CCN(c3ccc(Cl)cn3)CC2)ccc1OCC(=O)NC(C)C. The van der Waals surface area contributed by atoms with Crippen LogP contribution in [0.4, 0.5) is 5.82 Å². The smallest absolute Gasteiger partial charge is 0.258 e. The molecule has 1 saturated heterocycles. The normalized spacial score (nSPS) is 13.8.